The van der Waals surface area contributed by atoms with Crippen molar-refractivity contribution in [3.05, 3.63) is 35.0 Å². The zero-order valence-electron chi connectivity index (χ0n) is 11.2. The lowest BCUT2D eigenvalue weighted by atomic mass is 10.1. The average Bonchev–Trinajstić information content (AvgIpc) is 2.85. The predicted molar refractivity (Wildman–Crippen MR) is 76.0 cm³/mol. The molecular formula is C14H16ClNO4. The first-order valence-electron chi connectivity index (χ1n) is 6.17. The number of aliphatic carboxylic acids is 1. The molecule has 2 rings (SSSR count). The number of carbonyl (C=O) groups is 1. The van der Waals surface area contributed by atoms with Crippen molar-refractivity contribution < 1.29 is 19.1 Å². The lowest BCUT2D eigenvalue weighted by Crippen LogP contribution is -2.45. The minimum Gasteiger partial charge on any atom is -0.480 e. The maximum Gasteiger partial charge on any atom is 0.323 e. The third-order valence-corrected chi connectivity index (χ3v) is 3.43. The van der Waals surface area contributed by atoms with Crippen LogP contribution in [0.4, 0.5) is 0 Å². The molecule has 5 nitrogen and oxygen atoms in total. The van der Waals surface area contributed by atoms with Gasteiger partial charge in [-0.1, -0.05) is 11.6 Å². The normalized spacial score (nSPS) is 14.3. The maximum atomic E-state index is 11.2. The SMILES string of the molecule is CO[C@H](C)[C@H](NCc1cc(Cl)cc2ccoc12)C(=O)O. The molecule has 6 heteroatoms. The summed E-state index contributed by atoms with van der Waals surface area (Å²) in [5.74, 6) is -0.961. The molecule has 0 unspecified atom stereocenters. The van der Waals surface area contributed by atoms with Crippen molar-refractivity contribution in [3.8, 4) is 0 Å². The van der Waals surface area contributed by atoms with E-state index >= 15 is 0 Å². The molecule has 0 aliphatic rings. The first-order chi connectivity index (χ1) is 9.52. The first kappa shape index (κ1) is 14.8. The molecular weight excluding hydrogens is 282 g/mol. The van der Waals surface area contributed by atoms with Gasteiger partial charge in [-0.15, -0.1) is 0 Å². The molecule has 0 radical (unpaired) electrons. The van der Waals surface area contributed by atoms with Gasteiger partial charge in [0.15, 0.2) is 0 Å². The Kier molecular flexibility index (Phi) is 4.65. The Morgan fingerprint density at radius 1 is 1.55 bits per heavy atom. The van der Waals surface area contributed by atoms with Gasteiger partial charge in [0.05, 0.1) is 12.4 Å². The molecule has 20 heavy (non-hydrogen) atoms. The van der Waals surface area contributed by atoms with Gasteiger partial charge in [-0.25, -0.2) is 0 Å². The molecule has 108 valence electrons. The van der Waals surface area contributed by atoms with Crippen LogP contribution in [0.2, 0.25) is 5.02 Å². The molecule has 0 bridgehead atoms. The van der Waals surface area contributed by atoms with Crippen molar-refractivity contribution in [1.29, 1.82) is 0 Å². The second-order valence-electron chi connectivity index (χ2n) is 4.54. The molecule has 0 saturated carbocycles. The minimum atomic E-state index is -0.961. The van der Waals surface area contributed by atoms with Crippen LogP contribution in [0.5, 0.6) is 0 Å². The fourth-order valence-electron chi connectivity index (χ4n) is 2.06. The van der Waals surface area contributed by atoms with Crippen molar-refractivity contribution in [1.82, 2.24) is 5.32 Å². The predicted octanol–water partition coefficient (Wildman–Crippen LogP) is 2.66. The smallest absolute Gasteiger partial charge is 0.323 e. The number of hydrogen-bond acceptors (Lipinski definition) is 4. The van der Waals surface area contributed by atoms with Crippen LogP contribution in [0, 0.1) is 0 Å². The molecule has 2 N–H and O–H groups in total. The lowest BCUT2D eigenvalue weighted by Gasteiger charge is -2.20. The van der Waals surface area contributed by atoms with Crippen molar-refractivity contribution in [3.63, 3.8) is 0 Å². The molecule has 0 saturated heterocycles. The number of rotatable bonds is 6. The van der Waals surface area contributed by atoms with E-state index in [2.05, 4.69) is 5.32 Å². The number of methoxy groups -OCH3 is 1. The number of halogens is 1. The zero-order chi connectivity index (χ0) is 14.7. The van der Waals surface area contributed by atoms with Crippen LogP contribution >= 0.6 is 11.6 Å². The van der Waals surface area contributed by atoms with E-state index in [1.165, 1.54) is 7.11 Å². The highest BCUT2D eigenvalue weighted by Crippen LogP contribution is 2.25. The Morgan fingerprint density at radius 3 is 2.95 bits per heavy atom. The Morgan fingerprint density at radius 2 is 2.30 bits per heavy atom. The Hall–Kier alpha value is -1.56. The van der Waals surface area contributed by atoms with E-state index < -0.39 is 18.1 Å². The van der Waals surface area contributed by atoms with E-state index in [1.54, 1.807) is 25.3 Å². The molecule has 0 aliphatic heterocycles. The number of furan rings is 1. The summed E-state index contributed by atoms with van der Waals surface area (Å²) in [5.41, 5.74) is 1.52. The monoisotopic (exact) mass is 297 g/mol. The number of carboxylic acids is 1. The van der Waals surface area contributed by atoms with Crippen molar-refractivity contribution >= 4 is 28.5 Å². The molecule has 2 atom stereocenters. The summed E-state index contributed by atoms with van der Waals surface area (Å²) < 4.78 is 10.5. The van der Waals surface area contributed by atoms with E-state index in [0.717, 1.165) is 10.9 Å². The quantitative estimate of drug-likeness (QED) is 0.857. The van der Waals surface area contributed by atoms with Crippen LogP contribution in [0.3, 0.4) is 0 Å². The summed E-state index contributed by atoms with van der Waals surface area (Å²) in [6.45, 7) is 2.03. The first-order valence-corrected chi connectivity index (χ1v) is 6.55. The van der Waals surface area contributed by atoms with Crippen molar-refractivity contribution in [2.24, 2.45) is 0 Å². The van der Waals surface area contributed by atoms with Crippen LogP contribution in [-0.4, -0.2) is 30.3 Å². The Labute approximate surface area is 121 Å². The van der Waals surface area contributed by atoms with Crippen molar-refractivity contribution in [2.45, 2.75) is 25.6 Å². The van der Waals surface area contributed by atoms with Gasteiger partial charge in [-0.3, -0.25) is 10.1 Å². The number of fused-ring (bicyclic) bond motifs is 1. The summed E-state index contributed by atoms with van der Waals surface area (Å²) in [7, 11) is 1.48. The molecule has 0 amide bonds. The minimum absolute atomic E-state index is 0.329. The number of nitrogens with one attached hydrogen (secondary N) is 1. The third-order valence-electron chi connectivity index (χ3n) is 3.21. The van der Waals surface area contributed by atoms with Gasteiger partial charge in [-0.2, -0.15) is 0 Å². The molecule has 1 heterocycles. The highest BCUT2D eigenvalue weighted by atomic mass is 35.5. The van der Waals surface area contributed by atoms with E-state index in [1.807, 2.05) is 6.07 Å². The lowest BCUT2D eigenvalue weighted by molar-refractivity contribution is -0.142. The highest BCUT2D eigenvalue weighted by Gasteiger charge is 2.24. The molecule has 0 fully saturated rings. The van der Waals surface area contributed by atoms with E-state index in [-0.39, 0.29) is 0 Å². The van der Waals surface area contributed by atoms with E-state index in [0.29, 0.717) is 17.2 Å². The number of ether oxygens (including phenoxy) is 1. The van der Waals surface area contributed by atoms with E-state index in [9.17, 15) is 9.90 Å². The average molecular weight is 298 g/mol. The summed E-state index contributed by atoms with van der Waals surface area (Å²) in [6.07, 6.45) is 1.13. The van der Waals surface area contributed by atoms with Gasteiger partial charge in [0, 0.05) is 29.6 Å². The van der Waals surface area contributed by atoms with Crippen LogP contribution in [-0.2, 0) is 16.1 Å². The molecule has 2 aromatic rings. The van der Waals surface area contributed by atoms with Gasteiger partial charge in [0.1, 0.15) is 11.6 Å². The molecule has 1 aromatic carbocycles. The van der Waals surface area contributed by atoms with Crippen molar-refractivity contribution in [2.75, 3.05) is 7.11 Å². The van der Waals surface area contributed by atoms with Crippen LogP contribution in [0.15, 0.2) is 28.9 Å². The van der Waals surface area contributed by atoms with Gasteiger partial charge < -0.3 is 14.3 Å². The largest absolute Gasteiger partial charge is 0.480 e. The van der Waals surface area contributed by atoms with Crippen LogP contribution < -0.4 is 5.32 Å². The molecule has 1 aromatic heterocycles. The van der Waals surface area contributed by atoms with Gasteiger partial charge in [-0.05, 0) is 25.1 Å². The molecule has 0 aliphatic carbocycles. The number of benzene rings is 1. The number of carboxylic acid groups (broad SMARTS) is 1. The Balaban J connectivity index is 2.19. The van der Waals surface area contributed by atoms with Gasteiger partial charge in [0.2, 0.25) is 0 Å². The summed E-state index contributed by atoms with van der Waals surface area (Å²) in [4.78, 5) is 11.2. The standard InChI is InChI=1S/C14H16ClNO4/c1-8(19-2)12(14(17)18)16-7-10-6-11(15)5-9-3-4-20-13(9)10/h3-6,8,12,16H,7H2,1-2H3,(H,17,18)/t8-,12+/m1/s1. The fraction of sp³-hybridized carbons (Fsp3) is 0.357. The second kappa shape index (κ2) is 6.26. The van der Waals surface area contributed by atoms with Crippen LogP contribution in [0.25, 0.3) is 11.0 Å². The van der Waals surface area contributed by atoms with Gasteiger partial charge in [0.25, 0.3) is 0 Å². The summed E-state index contributed by atoms with van der Waals surface area (Å²) in [6, 6.07) is 4.58. The molecule has 0 spiro atoms. The highest BCUT2D eigenvalue weighted by molar-refractivity contribution is 6.31. The zero-order valence-corrected chi connectivity index (χ0v) is 12.0. The van der Waals surface area contributed by atoms with Gasteiger partial charge >= 0.3 is 5.97 Å². The number of hydrogen-bond donors (Lipinski definition) is 2. The van der Waals surface area contributed by atoms with Crippen LogP contribution in [0.1, 0.15) is 12.5 Å². The van der Waals surface area contributed by atoms with E-state index in [4.69, 9.17) is 20.8 Å². The Bertz CT molecular complexity index is 610. The second-order valence-corrected chi connectivity index (χ2v) is 4.98. The maximum absolute atomic E-state index is 11.2. The summed E-state index contributed by atoms with van der Waals surface area (Å²) >= 11 is 6.04. The fourth-order valence-corrected chi connectivity index (χ4v) is 2.31. The third kappa shape index (κ3) is 3.12. The summed E-state index contributed by atoms with van der Waals surface area (Å²) in [5, 5.41) is 13.6. The topological polar surface area (TPSA) is 71.7 Å².